The summed E-state index contributed by atoms with van der Waals surface area (Å²) in [7, 11) is 0. The van der Waals surface area contributed by atoms with Crippen LogP contribution in [0.2, 0.25) is 0 Å². The molecule has 7 nitrogen and oxygen atoms in total. The summed E-state index contributed by atoms with van der Waals surface area (Å²) in [6.07, 6.45) is 5.86. The fraction of sp³-hybridized carbons (Fsp3) is 0.476. The van der Waals surface area contributed by atoms with Crippen LogP contribution in [0.25, 0.3) is 5.69 Å². The van der Waals surface area contributed by atoms with Crippen molar-refractivity contribution < 1.29 is 9.59 Å². The number of hydrogen-bond donors (Lipinski definition) is 0. The summed E-state index contributed by atoms with van der Waals surface area (Å²) < 4.78 is 1.93. The molecule has 0 N–H and O–H groups in total. The first-order chi connectivity index (χ1) is 14.2. The van der Waals surface area contributed by atoms with Gasteiger partial charge in [-0.1, -0.05) is 30.0 Å². The second-order valence-electron chi connectivity index (χ2n) is 7.46. The second kappa shape index (κ2) is 9.00. The van der Waals surface area contributed by atoms with Gasteiger partial charge in [0.25, 0.3) is 5.91 Å². The summed E-state index contributed by atoms with van der Waals surface area (Å²) in [6, 6.07) is 9.86. The SMILES string of the molecule is CSc1ncc(C(=O)N2CCN(CC(=O)N3CCCC3)CC2)n1-c1ccccc1. The summed E-state index contributed by atoms with van der Waals surface area (Å²) in [5.74, 6) is 0.209. The molecule has 0 spiro atoms. The molecule has 0 saturated carbocycles. The molecule has 1 aromatic heterocycles. The van der Waals surface area contributed by atoms with Gasteiger partial charge in [0.2, 0.25) is 5.91 Å². The first-order valence-electron chi connectivity index (χ1n) is 10.1. The molecule has 2 saturated heterocycles. The number of para-hydroxylation sites is 1. The number of carbonyl (C=O) groups is 2. The average molecular weight is 414 g/mol. The minimum Gasteiger partial charge on any atom is -0.342 e. The van der Waals surface area contributed by atoms with Crippen LogP contribution in [0, 0.1) is 0 Å². The Balaban J connectivity index is 1.41. The van der Waals surface area contributed by atoms with Crippen molar-refractivity contribution in [2.75, 3.05) is 52.1 Å². The highest BCUT2D eigenvalue weighted by atomic mass is 32.2. The fourth-order valence-corrected chi connectivity index (χ4v) is 4.53. The molecule has 0 aliphatic carbocycles. The number of aromatic nitrogens is 2. The molecule has 29 heavy (non-hydrogen) atoms. The molecule has 0 radical (unpaired) electrons. The normalized spacial score (nSPS) is 17.7. The quantitative estimate of drug-likeness (QED) is 0.702. The summed E-state index contributed by atoms with van der Waals surface area (Å²) in [6.45, 7) is 4.93. The summed E-state index contributed by atoms with van der Waals surface area (Å²) >= 11 is 1.53. The van der Waals surface area contributed by atoms with Crippen molar-refractivity contribution >= 4 is 23.6 Å². The van der Waals surface area contributed by atoms with E-state index in [9.17, 15) is 9.59 Å². The highest BCUT2D eigenvalue weighted by molar-refractivity contribution is 7.98. The molecule has 2 fully saturated rings. The Morgan fingerprint density at radius 3 is 2.31 bits per heavy atom. The number of rotatable bonds is 5. The van der Waals surface area contributed by atoms with E-state index in [-0.39, 0.29) is 11.8 Å². The molecule has 2 amide bonds. The van der Waals surface area contributed by atoms with E-state index in [2.05, 4.69) is 9.88 Å². The fourth-order valence-electron chi connectivity index (χ4n) is 3.99. The number of carbonyl (C=O) groups excluding carboxylic acids is 2. The number of hydrogen-bond acceptors (Lipinski definition) is 5. The average Bonchev–Trinajstić information content (AvgIpc) is 3.44. The first-order valence-corrected chi connectivity index (χ1v) is 11.4. The molecule has 3 heterocycles. The molecule has 1 aromatic carbocycles. The van der Waals surface area contributed by atoms with Crippen LogP contribution in [-0.4, -0.2) is 88.1 Å². The Labute approximate surface area is 175 Å². The van der Waals surface area contributed by atoms with Gasteiger partial charge in [-0.2, -0.15) is 0 Å². The van der Waals surface area contributed by atoms with E-state index in [1.165, 1.54) is 11.8 Å². The predicted molar refractivity (Wildman–Crippen MR) is 114 cm³/mol. The molecule has 154 valence electrons. The number of nitrogens with zero attached hydrogens (tertiary/aromatic N) is 5. The largest absolute Gasteiger partial charge is 0.342 e. The van der Waals surface area contributed by atoms with E-state index in [0.29, 0.717) is 25.3 Å². The van der Waals surface area contributed by atoms with Crippen molar-refractivity contribution in [3.05, 3.63) is 42.2 Å². The third-order valence-corrected chi connectivity index (χ3v) is 6.28. The van der Waals surface area contributed by atoms with Crippen molar-refractivity contribution in [2.45, 2.75) is 18.0 Å². The zero-order valence-electron chi connectivity index (χ0n) is 16.8. The van der Waals surface area contributed by atoms with Gasteiger partial charge in [0, 0.05) is 45.0 Å². The standard InChI is InChI=1S/C21H27N5O2S/c1-29-21-22-15-18(26(21)17-7-3-2-4-8-17)20(28)25-13-11-23(12-14-25)16-19(27)24-9-5-6-10-24/h2-4,7-8,15H,5-6,9-14,16H2,1H3. The predicted octanol–water partition coefficient (Wildman–Crippen LogP) is 1.97. The van der Waals surface area contributed by atoms with Gasteiger partial charge in [0.15, 0.2) is 5.16 Å². The highest BCUT2D eigenvalue weighted by Gasteiger charge is 2.28. The Morgan fingerprint density at radius 1 is 0.966 bits per heavy atom. The number of piperazine rings is 1. The van der Waals surface area contributed by atoms with Crippen molar-refractivity contribution in [1.29, 1.82) is 0 Å². The van der Waals surface area contributed by atoms with Crippen molar-refractivity contribution in [3.63, 3.8) is 0 Å². The van der Waals surface area contributed by atoms with Gasteiger partial charge in [-0.3, -0.25) is 19.1 Å². The van der Waals surface area contributed by atoms with Crippen molar-refractivity contribution in [2.24, 2.45) is 0 Å². The van der Waals surface area contributed by atoms with Crippen LogP contribution in [0.5, 0.6) is 0 Å². The molecular formula is C21H27N5O2S. The lowest BCUT2D eigenvalue weighted by molar-refractivity contribution is -0.131. The smallest absolute Gasteiger partial charge is 0.272 e. The monoisotopic (exact) mass is 413 g/mol. The third kappa shape index (κ3) is 4.33. The second-order valence-corrected chi connectivity index (χ2v) is 8.23. The Bertz CT molecular complexity index is 855. The van der Waals surface area contributed by atoms with Gasteiger partial charge in [-0.05, 0) is 31.2 Å². The van der Waals surface area contributed by atoms with Gasteiger partial charge in [0.1, 0.15) is 5.69 Å². The summed E-state index contributed by atoms with van der Waals surface area (Å²) in [4.78, 5) is 36.0. The molecule has 8 heteroatoms. The maximum atomic E-state index is 13.2. The minimum absolute atomic E-state index is 0.00725. The maximum absolute atomic E-state index is 13.2. The number of imidazole rings is 1. The molecule has 0 unspecified atom stereocenters. The summed E-state index contributed by atoms with van der Waals surface area (Å²) in [5.41, 5.74) is 1.52. The maximum Gasteiger partial charge on any atom is 0.272 e. The Kier molecular flexibility index (Phi) is 6.20. The highest BCUT2D eigenvalue weighted by Crippen LogP contribution is 2.23. The van der Waals surface area contributed by atoms with Gasteiger partial charge >= 0.3 is 0 Å². The van der Waals surface area contributed by atoms with Gasteiger partial charge in [0.05, 0.1) is 12.7 Å². The van der Waals surface area contributed by atoms with E-state index in [1.54, 1.807) is 6.20 Å². The summed E-state index contributed by atoms with van der Waals surface area (Å²) in [5, 5.41) is 0.800. The third-order valence-electron chi connectivity index (χ3n) is 5.62. The number of amides is 2. The molecule has 2 aliphatic heterocycles. The van der Waals surface area contributed by atoms with Crippen molar-refractivity contribution in [3.8, 4) is 5.69 Å². The van der Waals surface area contributed by atoms with Gasteiger partial charge in [-0.25, -0.2) is 4.98 Å². The Morgan fingerprint density at radius 2 is 1.66 bits per heavy atom. The molecule has 0 bridgehead atoms. The lowest BCUT2D eigenvalue weighted by atomic mass is 10.2. The molecule has 2 aromatic rings. The van der Waals surface area contributed by atoms with Crippen LogP contribution in [0.1, 0.15) is 23.3 Å². The topological polar surface area (TPSA) is 61.7 Å². The van der Waals surface area contributed by atoms with Crippen molar-refractivity contribution in [1.82, 2.24) is 24.3 Å². The van der Waals surface area contributed by atoms with Gasteiger partial charge in [-0.15, -0.1) is 0 Å². The van der Waals surface area contributed by atoms with Crippen LogP contribution in [0.3, 0.4) is 0 Å². The van der Waals surface area contributed by atoms with E-state index in [4.69, 9.17) is 0 Å². The van der Waals surface area contributed by atoms with Crippen LogP contribution >= 0.6 is 11.8 Å². The van der Waals surface area contributed by atoms with Crippen LogP contribution in [-0.2, 0) is 4.79 Å². The lowest BCUT2D eigenvalue weighted by Gasteiger charge is -2.35. The van der Waals surface area contributed by atoms with E-state index in [1.807, 2.05) is 51.0 Å². The van der Waals surface area contributed by atoms with Crippen LogP contribution in [0.4, 0.5) is 0 Å². The van der Waals surface area contributed by atoms with E-state index >= 15 is 0 Å². The number of likely N-dealkylation sites (tertiary alicyclic amines) is 1. The number of benzene rings is 1. The zero-order valence-corrected chi connectivity index (χ0v) is 17.6. The minimum atomic E-state index is -0.00725. The molecule has 0 atom stereocenters. The van der Waals surface area contributed by atoms with E-state index in [0.717, 1.165) is 49.9 Å². The van der Waals surface area contributed by atoms with Crippen LogP contribution < -0.4 is 0 Å². The van der Waals surface area contributed by atoms with E-state index < -0.39 is 0 Å². The number of thioether (sulfide) groups is 1. The molecule has 2 aliphatic rings. The zero-order chi connectivity index (χ0) is 20.2. The Hall–Kier alpha value is -2.32. The molecule has 4 rings (SSSR count). The lowest BCUT2D eigenvalue weighted by Crippen LogP contribution is -2.51. The molecular weight excluding hydrogens is 386 g/mol. The van der Waals surface area contributed by atoms with Crippen LogP contribution in [0.15, 0.2) is 41.7 Å². The van der Waals surface area contributed by atoms with Gasteiger partial charge < -0.3 is 9.80 Å². The first kappa shape index (κ1) is 20.0.